The van der Waals surface area contributed by atoms with Gasteiger partial charge in [-0.2, -0.15) is 10.2 Å². The molecule has 1 aliphatic carbocycles. The van der Waals surface area contributed by atoms with Gasteiger partial charge in [0.1, 0.15) is 0 Å². The largest absolute Gasteiger partial charge is 0.386 e. The smallest absolute Gasteiger partial charge is 0.272 e. The molecule has 0 unspecified atom stereocenters. The number of aromatic amines is 1. The van der Waals surface area contributed by atoms with E-state index in [1.807, 2.05) is 48.7 Å². The summed E-state index contributed by atoms with van der Waals surface area (Å²) >= 11 is 0. The molecular weight excluding hydrogens is 442 g/mol. The summed E-state index contributed by atoms with van der Waals surface area (Å²) in [4.78, 5) is 25.1. The number of hydrogen-bond acceptors (Lipinski definition) is 5. The van der Waals surface area contributed by atoms with Crippen molar-refractivity contribution in [1.29, 1.82) is 0 Å². The van der Waals surface area contributed by atoms with E-state index in [1.54, 1.807) is 30.6 Å². The number of carbonyl (C=O) groups is 1. The average molecular weight is 472 g/mol. The molecule has 0 radical (unpaired) electrons. The highest BCUT2D eigenvalue weighted by Crippen LogP contribution is 2.34. The van der Waals surface area contributed by atoms with Gasteiger partial charge in [0.25, 0.3) is 11.5 Å². The molecule has 1 amide bonds. The minimum absolute atomic E-state index is 0.0803. The molecule has 1 aromatic carbocycles. The van der Waals surface area contributed by atoms with E-state index in [0.717, 1.165) is 47.8 Å². The van der Waals surface area contributed by atoms with E-state index in [1.165, 1.54) is 0 Å². The Bertz CT molecular complexity index is 1470. The molecular formula is C27H29N5O3. The molecule has 8 heteroatoms. The van der Waals surface area contributed by atoms with Crippen molar-refractivity contribution in [3.05, 3.63) is 82.0 Å². The summed E-state index contributed by atoms with van der Waals surface area (Å²) in [5, 5.41) is 26.0. The van der Waals surface area contributed by atoms with Crippen LogP contribution in [0.1, 0.15) is 67.1 Å². The van der Waals surface area contributed by atoms with E-state index >= 15 is 0 Å². The Kier molecular flexibility index (Phi) is 5.98. The highest BCUT2D eigenvalue weighted by Gasteiger charge is 2.27. The maximum Gasteiger partial charge on any atom is 0.272 e. The Balaban J connectivity index is 1.25. The van der Waals surface area contributed by atoms with Gasteiger partial charge in [0.05, 0.1) is 34.0 Å². The summed E-state index contributed by atoms with van der Waals surface area (Å²) < 4.78 is 1.68. The summed E-state index contributed by atoms with van der Waals surface area (Å²) in [6.07, 6.45) is 10.4. The van der Waals surface area contributed by atoms with Crippen LogP contribution in [0.5, 0.6) is 0 Å². The van der Waals surface area contributed by atoms with E-state index in [-0.39, 0.29) is 23.4 Å². The molecule has 0 aliphatic heterocycles. The highest BCUT2D eigenvalue weighted by molar-refractivity contribution is 6.00. The van der Waals surface area contributed by atoms with Crippen LogP contribution >= 0.6 is 0 Å². The van der Waals surface area contributed by atoms with Crippen LogP contribution in [0.15, 0.2) is 59.7 Å². The molecule has 180 valence electrons. The number of rotatable bonds is 5. The Labute approximate surface area is 202 Å². The van der Waals surface area contributed by atoms with Crippen LogP contribution in [0.3, 0.4) is 0 Å². The molecule has 3 heterocycles. The number of amides is 1. The predicted octanol–water partition coefficient (Wildman–Crippen LogP) is 3.81. The Hall–Kier alpha value is -3.78. The Morgan fingerprint density at radius 2 is 1.89 bits per heavy atom. The van der Waals surface area contributed by atoms with Crippen molar-refractivity contribution < 1.29 is 9.90 Å². The number of H-pyrrole nitrogens is 1. The number of aliphatic hydroxyl groups is 1. The van der Waals surface area contributed by atoms with Crippen molar-refractivity contribution in [1.82, 2.24) is 25.1 Å². The van der Waals surface area contributed by atoms with E-state index in [9.17, 15) is 14.7 Å². The van der Waals surface area contributed by atoms with Gasteiger partial charge in [0, 0.05) is 23.5 Å². The molecule has 1 aliphatic rings. The van der Waals surface area contributed by atoms with Gasteiger partial charge < -0.3 is 10.4 Å². The van der Waals surface area contributed by atoms with Gasteiger partial charge in [-0.3, -0.25) is 9.59 Å². The van der Waals surface area contributed by atoms with Crippen molar-refractivity contribution in [2.75, 3.05) is 0 Å². The molecule has 1 saturated carbocycles. The maximum absolute atomic E-state index is 13.0. The molecule has 0 spiro atoms. The fourth-order valence-corrected chi connectivity index (χ4v) is 4.80. The third kappa shape index (κ3) is 4.88. The lowest BCUT2D eigenvalue weighted by Gasteiger charge is -2.29. The van der Waals surface area contributed by atoms with Crippen LogP contribution in [0.2, 0.25) is 0 Å². The standard InChI is InChI=1S/C27H29N5O3/c1-27(2,35)14-13-17-7-12-23-22(15-28-32(23)16-17)25(33)29-19-10-8-18(9-11-19)24-20-5-3-4-6-21(20)26(34)31-30-24/h3-7,12-16,18-19,35H,8-11H2,1-2H3,(H,29,33)(H,31,34)/b14-13+. The SMILES string of the molecule is CC(C)(O)/C=C/c1ccc2c(C(=O)NC3CCC(c4n[nH]c(=O)c5ccccc45)CC3)cnn2c1. The van der Waals surface area contributed by atoms with E-state index < -0.39 is 5.60 Å². The predicted molar refractivity (Wildman–Crippen MR) is 135 cm³/mol. The molecule has 4 aromatic rings. The first-order valence-corrected chi connectivity index (χ1v) is 12.0. The van der Waals surface area contributed by atoms with E-state index in [4.69, 9.17) is 0 Å². The van der Waals surface area contributed by atoms with Crippen molar-refractivity contribution in [2.45, 2.75) is 57.1 Å². The summed E-state index contributed by atoms with van der Waals surface area (Å²) in [5.74, 6) is 0.119. The number of hydrogen-bond donors (Lipinski definition) is 3. The zero-order valence-corrected chi connectivity index (χ0v) is 19.9. The maximum atomic E-state index is 13.0. The molecule has 3 aromatic heterocycles. The number of fused-ring (bicyclic) bond motifs is 2. The van der Waals surface area contributed by atoms with Gasteiger partial charge in [-0.1, -0.05) is 36.4 Å². The Morgan fingerprint density at radius 1 is 1.14 bits per heavy atom. The monoisotopic (exact) mass is 471 g/mol. The summed E-state index contributed by atoms with van der Waals surface area (Å²) in [5.41, 5.74) is 2.03. The van der Waals surface area contributed by atoms with Crippen molar-refractivity contribution in [3.63, 3.8) is 0 Å². The van der Waals surface area contributed by atoms with Crippen LogP contribution in [-0.2, 0) is 0 Å². The number of carbonyl (C=O) groups excluding carboxylic acids is 1. The fraction of sp³-hybridized carbons (Fsp3) is 0.333. The lowest BCUT2D eigenvalue weighted by molar-refractivity contribution is 0.0927. The molecule has 0 saturated heterocycles. The molecule has 35 heavy (non-hydrogen) atoms. The summed E-state index contributed by atoms with van der Waals surface area (Å²) in [6, 6.07) is 11.4. The lowest BCUT2D eigenvalue weighted by Crippen LogP contribution is -2.37. The van der Waals surface area contributed by atoms with Gasteiger partial charge in [0.2, 0.25) is 0 Å². The van der Waals surface area contributed by atoms with Gasteiger partial charge in [-0.25, -0.2) is 9.61 Å². The van der Waals surface area contributed by atoms with Crippen LogP contribution in [0.4, 0.5) is 0 Å². The van der Waals surface area contributed by atoms with Crippen molar-refractivity contribution >= 4 is 28.3 Å². The second-order valence-corrected chi connectivity index (χ2v) is 9.84. The molecule has 0 atom stereocenters. The second kappa shape index (κ2) is 9.11. The number of aromatic nitrogens is 4. The number of pyridine rings is 1. The van der Waals surface area contributed by atoms with Gasteiger partial charge in [0.15, 0.2) is 0 Å². The molecule has 3 N–H and O–H groups in total. The second-order valence-electron chi connectivity index (χ2n) is 9.84. The third-order valence-corrected chi connectivity index (χ3v) is 6.64. The van der Waals surface area contributed by atoms with E-state index in [2.05, 4.69) is 20.6 Å². The van der Waals surface area contributed by atoms with Crippen LogP contribution < -0.4 is 10.9 Å². The molecule has 0 bridgehead atoms. The number of nitrogens with zero attached hydrogens (tertiary/aromatic N) is 3. The normalized spacial score (nSPS) is 18.9. The van der Waals surface area contributed by atoms with Crippen LogP contribution in [0, 0.1) is 0 Å². The minimum Gasteiger partial charge on any atom is -0.386 e. The summed E-state index contributed by atoms with van der Waals surface area (Å²) in [7, 11) is 0. The highest BCUT2D eigenvalue weighted by atomic mass is 16.3. The fourth-order valence-electron chi connectivity index (χ4n) is 4.80. The van der Waals surface area contributed by atoms with Gasteiger partial charge in [-0.15, -0.1) is 0 Å². The third-order valence-electron chi connectivity index (χ3n) is 6.64. The minimum atomic E-state index is -0.899. The quantitative estimate of drug-likeness (QED) is 0.410. The molecule has 1 fully saturated rings. The number of benzene rings is 1. The van der Waals surface area contributed by atoms with Crippen LogP contribution in [-0.4, -0.2) is 42.5 Å². The first-order valence-electron chi connectivity index (χ1n) is 12.0. The molecule has 8 nitrogen and oxygen atoms in total. The first-order chi connectivity index (χ1) is 16.8. The first kappa shape index (κ1) is 23.0. The Morgan fingerprint density at radius 3 is 2.63 bits per heavy atom. The van der Waals surface area contributed by atoms with Gasteiger partial charge in [-0.05, 0) is 57.2 Å². The lowest BCUT2D eigenvalue weighted by atomic mass is 9.82. The van der Waals surface area contributed by atoms with E-state index in [0.29, 0.717) is 10.9 Å². The van der Waals surface area contributed by atoms with Crippen molar-refractivity contribution in [3.8, 4) is 0 Å². The molecule has 5 rings (SSSR count). The van der Waals surface area contributed by atoms with Crippen molar-refractivity contribution in [2.24, 2.45) is 0 Å². The zero-order chi connectivity index (χ0) is 24.6. The summed E-state index contributed by atoms with van der Waals surface area (Å²) in [6.45, 7) is 3.43. The zero-order valence-electron chi connectivity index (χ0n) is 19.9. The topological polar surface area (TPSA) is 112 Å². The van der Waals surface area contributed by atoms with Crippen LogP contribution in [0.25, 0.3) is 22.4 Å². The average Bonchev–Trinajstić information content (AvgIpc) is 3.27. The van der Waals surface area contributed by atoms with Gasteiger partial charge >= 0.3 is 0 Å². The number of nitrogens with one attached hydrogen (secondary N) is 2.